The Morgan fingerprint density at radius 1 is 0.357 bits per heavy atom. The Morgan fingerprint density at radius 3 is 0.929 bits per heavy atom. The number of nitrogens with zero attached hydrogens (tertiary/aromatic N) is 2. The maximum absolute atomic E-state index is 5.13. The fourth-order valence-electron chi connectivity index (χ4n) is 4.84. The van der Waals surface area contributed by atoms with Gasteiger partial charge < -0.3 is 0 Å². The van der Waals surface area contributed by atoms with Crippen LogP contribution in [0.5, 0.6) is 0 Å². The Bertz CT molecular complexity index is 1450. The van der Waals surface area contributed by atoms with Crippen LogP contribution < -0.4 is 21.2 Å². The van der Waals surface area contributed by atoms with Crippen molar-refractivity contribution in [2.24, 2.45) is 0 Å². The molecule has 6 heteroatoms. The van der Waals surface area contributed by atoms with Crippen molar-refractivity contribution in [3.63, 3.8) is 0 Å². The topological polar surface area (TPSA) is 25.8 Å². The summed E-state index contributed by atoms with van der Waals surface area (Å²) in [4.78, 5) is 10.3. The molecule has 0 aliphatic carbocycles. The Hall–Kier alpha value is -3.83. The van der Waals surface area contributed by atoms with E-state index in [1.165, 1.54) is 21.2 Å². The number of benzene rings is 4. The lowest BCUT2D eigenvalue weighted by atomic mass is 9.81. The molecule has 0 amide bonds. The second-order valence-electron chi connectivity index (χ2n) is 9.54. The molecule has 0 radical (unpaired) electrons. The summed E-state index contributed by atoms with van der Waals surface area (Å²) in [6, 6.07) is 56.0. The van der Waals surface area contributed by atoms with Gasteiger partial charge in [-0.05, 0) is 61.3 Å². The quantitative estimate of drug-likeness (QED) is 0.166. The zero-order valence-corrected chi connectivity index (χ0v) is 26.0. The van der Waals surface area contributed by atoms with E-state index in [2.05, 4.69) is 158 Å². The molecule has 204 valence electrons. The van der Waals surface area contributed by atoms with Gasteiger partial charge in [0, 0.05) is 23.7 Å². The van der Waals surface area contributed by atoms with E-state index in [0.29, 0.717) is 0 Å². The van der Waals surface area contributed by atoms with Gasteiger partial charge in [-0.2, -0.15) is 0 Å². The summed E-state index contributed by atoms with van der Waals surface area (Å²) < 4.78 is 0. The lowest BCUT2D eigenvalue weighted by Crippen LogP contribution is -2.13. The SMILES string of the molecule is BB.c1ccc(P(Cc2cccc(-c3cccc(CP(c4ccccc4)c4ccccc4)n3)n2)c2ccccc2)cc1. The summed E-state index contributed by atoms with van der Waals surface area (Å²) in [6.45, 7) is 0. The second kappa shape index (κ2) is 15.4. The van der Waals surface area contributed by atoms with E-state index in [9.17, 15) is 0 Å². The minimum absolute atomic E-state index is 0.558. The predicted octanol–water partition coefficient (Wildman–Crippen LogP) is 5.58. The first-order valence-electron chi connectivity index (χ1n) is 14.5. The van der Waals surface area contributed by atoms with Gasteiger partial charge in [-0.25, -0.2) is 0 Å². The van der Waals surface area contributed by atoms with Crippen LogP contribution in [0.1, 0.15) is 11.4 Å². The Morgan fingerprint density at radius 2 is 0.643 bits per heavy atom. The normalized spacial score (nSPS) is 10.7. The van der Waals surface area contributed by atoms with E-state index in [4.69, 9.17) is 9.97 Å². The van der Waals surface area contributed by atoms with Crippen LogP contribution in [0, 0.1) is 0 Å². The minimum atomic E-state index is -0.558. The molecule has 6 aromatic rings. The number of rotatable bonds is 9. The highest BCUT2D eigenvalue weighted by Gasteiger charge is 2.17. The van der Waals surface area contributed by atoms with E-state index in [0.717, 1.165) is 35.1 Å². The van der Waals surface area contributed by atoms with Crippen LogP contribution in [0.4, 0.5) is 0 Å². The van der Waals surface area contributed by atoms with Crippen molar-refractivity contribution in [3.05, 3.63) is 169 Å². The molecular weight excluding hydrogens is 544 g/mol. The summed E-state index contributed by atoms with van der Waals surface area (Å²) in [7, 11) is 2.88. The maximum Gasteiger partial charge on any atom is 0.0889 e. The zero-order chi connectivity index (χ0) is 29.0. The highest BCUT2D eigenvalue weighted by Crippen LogP contribution is 2.39. The molecule has 42 heavy (non-hydrogen) atoms. The maximum atomic E-state index is 5.13. The van der Waals surface area contributed by atoms with Crippen LogP contribution >= 0.6 is 15.8 Å². The van der Waals surface area contributed by atoms with Crippen LogP contribution in [-0.4, -0.2) is 25.4 Å². The lowest BCUT2D eigenvalue weighted by molar-refractivity contribution is 1.12. The first-order chi connectivity index (χ1) is 20.8. The van der Waals surface area contributed by atoms with Crippen LogP contribution in [0.2, 0.25) is 0 Å². The molecule has 0 aliphatic heterocycles. The fourth-order valence-corrected chi connectivity index (χ4v) is 9.29. The van der Waals surface area contributed by atoms with E-state index in [1.807, 2.05) is 15.5 Å². The Labute approximate surface area is 254 Å². The van der Waals surface area contributed by atoms with Crippen LogP contribution in [0.3, 0.4) is 0 Å². The monoisotopic (exact) mass is 578 g/mol. The van der Waals surface area contributed by atoms with Crippen molar-refractivity contribution in [2.75, 3.05) is 0 Å². The third kappa shape index (κ3) is 7.71. The van der Waals surface area contributed by atoms with Gasteiger partial charge in [0.2, 0.25) is 0 Å². The molecule has 0 bridgehead atoms. The summed E-state index contributed by atoms with van der Waals surface area (Å²) in [5.74, 6) is 0. The van der Waals surface area contributed by atoms with Gasteiger partial charge in [0.05, 0.1) is 26.9 Å². The summed E-state index contributed by atoms with van der Waals surface area (Å²) in [6.07, 6.45) is 1.79. The van der Waals surface area contributed by atoms with Gasteiger partial charge >= 0.3 is 0 Å². The van der Waals surface area contributed by atoms with Gasteiger partial charge in [-0.1, -0.05) is 133 Å². The molecule has 0 saturated carbocycles. The summed E-state index contributed by atoms with van der Waals surface area (Å²) in [5, 5.41) is 5.47. The van der Waals surface area contributed by atoms with E-state index in [-0.39, 0.29) is 0 Å². The average molecular weight is 578 g/mol. The van der Waals surface area contributed by atoms with Crippen molar-refractivity contribution in [3.8, 4) is 11.4 Å². The van der Waals surface area contributed by atoms with Crippen molar-refractivity contribution in [1.29, 1.82) is 0 Å². The smallest absolute Gasteiger partial charge is 0.0889 e. The molecule has 0 aliphatic rings. The molecule has 0 fully saturated rings. The van der Waals surface area contributed by atoms with Crippen molar-refractivity contribution in [2.45, 2.75) is 12.3 Å². The van der Waals surface area contributed by atoms with Crippen molar-refractivity contribution >= 4 is 52.5 Å². The molecule has 0 saturated heterocycles. The van der Waals surface area contributed by atoms with Gasteiger partial charge in [-0.3, -0.25) is 9.97 Å². The number of hydrogen-bond acceptors (Lipinski definition) is 2. The standard InChI is InChI=1S/C36H30N2P2.B2H4/c1-5-17-31(18-6-1)39(32-19-7-2-8-20-32)27-29-15-13-25-35(37-29)36-26-14-16-30(38-36)28-40(33-21-9-3-10-22-33)34-23-11-4-12-24-34;1-2/h1-26H,27-28H2;1-2H2. The highest BCUT2D eigenvalue weighted by molar-refractivity contribution is 7.72. The number of hydrogen-bond donors (Lipinski definition) is 0. The molecule has 2 nitrogen and oxygen atoms in total. The van der Waals surface area contributed by atoms with Gasteiger partial charge in [0.15, 0.2) is 0 Å². The highest BCUT2D eigenvalue weighted by atomic mass is 31.1. The van der Waals surface area contributed by atoms with Gasteiger partial charge in [0.25, 0.3) is 0 Å². The van der Waals surface area contributed by atoms with E-state index < -0.39 is 15.8 Å². The molecule has 0 atom stereocenters. The molecule has 0 spiro atoms. The Balaban J connectivity index is 0.00000173. The average Bonchev–Trinajstić information content (AvgIpc) is 3.09. The van der Waals surface area contributed by atoms with Gasteiger partial charge in [0.1, 0.15) is 0 Å². The molecular formula is C36H34B2N2P2. The minimum Gasteiger partial charge on any atom is -0.251 e. The third-order valence-electron chi connectivity index (χ3n) is 6.79. The molecule has 6 rings (SSSR count). The van der Waals surface area contributed by atoms with Crippen LogP contribution in [-0.2, 0) is 12.3 Å². The first-order valence-corrected chi connectivity index (χ1v) is 17.6. The number of aromatic nitrogens is 2. The van der Waals surface area contributed by atoms with E-state index >= 15 is 0 Å². The molecule has 0 unspecified atom stereocenters. The first kappa shape index (κ1) is 29.7. The van der Waals surface area contributed by atoms with E-state index in [1.54, 1.807) is 0 Å². The summed E-state index contributed by atoms with van der Waals surface area (Å²) in [5.41, 5.74) is 4.05. The lowest BCUT2D eigenvalue weighted by Gasteiger charge is -2.19. The largest absolute Gasteiger partial charge is 0.251 e. The zero-order valence-electron chi connectivity index (χ0n) is 24.2. The Kier molecular flexibility index (Phi) is 10.9. The number of pyridine rings is 2. The van der Waals surface area contributed by atoms with Crippen molar-refractivity contribution in [1.82, 2.24) is 9.97 Å². The molecule has 4 aromatic carbocycles. The molecule has 2 aromatic heterocycles. The summed E-state index contributed by atoms with van der Waals surface area (Å²) >= 11 is 0. The second-order valence-corrected chi connectivity index (χ2v) is 14.0. The fraction of sp³-hybridized carbons (Fsp3) is 0.0556. The predicted molar refractivity (Wildman–Crippen MR) is 190 cm³/mol. The van der Waals surface area contributed by atoms with Gasteiger partial charge in [-0.15, -0.1) is 0 Å². The molecule has 2 heterocycles. The van der Waals surface area contributed by atoms with Crippen LogP contribution in [0.25, 0.3) is 11.4 Å². The third-order valence-corrected chi connectivity index (χ3v) is 11.8. The van der Waals surface area contributed by atoms with Crippen molar-refractivity contribution < 1.29 is 0 Å². The van der Waals surface area contributed by atoms with Crippen LogP contribution in [0.15, 0.2) is 158 Å². The molecule has 0 N–H and O–H groups in total.